The van der Waals surface area contributed by atoms with Crippen molar-refractivity contribution in [2.45, 2.75) is 50.9 Å². The molecule has 0 radical (unpaired) electrons. The average Bonchev–Trinajstić information content (AvgIpc) is 2.81. The largest absolute Gasteiger partial charge is 0.474 e. The van der Waals surface area contributed by atoms with Gasteiger partial charge in [-0.15, -0.1) is 0 Å². The SMILES string of the molecule is CC[C@@](C)(O)C(=O)N(C)[C@H]1C[C@H](Oc2cc(-c3cnc(N)nc3)nc(N3CCOCC3)n2)C1. The van der Waals surface area contributed by atoms with Crippen molar-refractivity contribution in [3.8, 4) is 17.1 Å². The van der Waals surface area contributed by atoms with Gasteiger partial charge < -0.3 is 30.1 Å². The maximum atomic E-state index is 12.5. The lowest BCUT2D eigenvalue weighted by atomic mass is 9.87. The zero-order valence-electron chi connectivity index (χ0n) is 19.3. The molecule has 3 N–H and O–H groups in total. The highest BCUT2D eigenvalue weighted by atomic mass is 16.5. The molecule has 1 aliphatic carbocycles. The van der Waals surface area contributed by atoms with Crippen LogP contribution in [0.1, 0.15) is 33.1 Å². The van der Waals surface area contributed by atoms with Gasteiger partial charge in [-0.3, -0.25) is 4.79 Å². The Labute approximate surface area is 193 Å². The van der Waals surface area contributed by atoms with Crippen LogP contribution in [-0.4, -0.2) is 86.9 Å². The fourth-order valence-corrected chi connectivity index (χ4v) is 3.81. The number of amides is 1. The average molecular weight is 458 g/mol. The molecule has 0 unspecified atom stereocenters. The first-order chi connectivity index (χ1) is 15.8. The molecule has 2 fully saturated rings. The first-order valence-corrected chi connectivity index (χ1v) is 11.2. The van der Waals surface area contributed by atoms with Crippen molar-refractivity contribution >= 4 is 17.8 Å². The van der Waals surface area contributed by atoms with Gasteiger partial charge in [0.05, 0.1) is 18.9 Å². The molecule has 33 heavy (non-hydrogen) atoms. The van der Waals surface area contributed by atoms with Gasteiger partial charge in [0.25, 0.3) is 5.91 Å². The molecule has 0 spiro atoms. The highest BCUT2D eigenvalue weighted by Gasteiger charge is 2.40. The summed E-state index contributed by atoms with van der Waals surface area (Å²) < 4.78 is 11.6. The van der Waals surface area contributed by atoms with Gasteiger partial charge in [-0.25, -0.2) is 15.0 Å². The summed E-state index contributed by atoms with van der Waals surface area (Å²) in [5, 5.41) is 10.3. The Morgan fingerprint density at radius 2 is 1.97 bits per heavy atom. The fraction of sp³-hybridized carbons (Fsp3) is 0.591. The number of hydrogen-bond donors (Lipinski definition) is 2. The van der Waals surface area contributed by atoms with E-state index in [1.54, 1.807) is 44.3 Å². The molecule has 1 saturated carbocycles. The van der Waals surface area contributed by atoms with E-state index in [-0.39, 0.29) is 24.0 Å². The summed E-state index contributed by atoms with van der Waals surface area (Å²) >= 11 is 0. The number of nitrogens with two attached hydrogens (primary N) is 1. The van der Waals surface area contributed by atoms with E-state index >= 15 is 0 Å². The van der Waals surface area contributed by atoms with Crippen molar-refractivity contribution in [2.75, 3.05) is 44.0 Å². The molecule has 1 amide bonds. The quantitative estimate of drug-likeness (QED) is 0.616. The van der Waals surface area contributed by atoms with Crippen LogP contribution < -0.4 is 15.4 Å². The van der Waals surface area contributed by atoms with Gasteiger partial charge in [0.2, 0.25) is 17.8 Å². The molecule has 0 aromatic carbocycles. The second kappa shape index (κ2) is 9.44. The monoisotopic (exact) mass is 457 g/mol. The number of aromatic nitrogens is 4. The molecule has 3 heterocycles. The van der Waals surface area contributed by atoms with Crippen LogP contribution in [0.2, 0.25) is 0 Å². The summed E-state index contributed by atoms with van der Waals surface area (Å²) in [5.41, 5.74) is 5.63. The van der Waals surface area contributed by atoms with Gasteiger partial charge >= 0.3 is 0 Å². The summed E-state index contributed by atoms with van der Waals surface area (Å²) in [6, 6.07) is 1.79. The van der Waals surface area contributed by atoms with Crippen LogP contribution in [0.15, 0.2) is 18.5 Å². The predicted octanol–water partition coefficient (Wildman–Crippen LogP) is 0.882. The van der Waals surface area contributed by atoms with E-state index in [9.17, 15) is 9.90 Å². The number of aliphatic hydroxyl groups is 1. The molecular formula is C22H31N7O4. The Kier molecular flexibility index (Phi) is 6.61. The molecule has 178 valence electrons. The van der Waals surface area contributed by atoms with E-state index < -0.39 is 5.60 Å². The number of ether oxygens (including phenoxy) is 2. The normalized spacial score (nSPS) is 22.2. The molecule has 2 aliphatic rings. The van der Waals surface area contributed by atoms with Crippen LogP contribution in [0.25, 0.3) is 11.3 Å². The Balaban J connectivity index is 1.49. The smallest absolute Gasteiger partial charge is 0.254 e. The molecule has 11 heteroatoms. The number of carbonyl (C=O) groups is 1. The summed E-state index contributed by atoms with van der Waals surface area (Å²) in [6.07, 6.45) is 4.86. The maximum Gasteiger partial charge on any atom is 0.254 e. The molecule has 1 saturated heterocycles. The van der Waals surface area contributed by atoms with E-state index in [4.69, 9.17) is 15.2 Å². The van der Waals surface area contributed by atoms with Gasteiger partial charge in [0, 0.05) is 63.0 Å². The van der Waals surface area contributed by atoms with Crippen LogP contribution in [0.3, 0.4) is 0 Å². The van der Waals surface area contributed by atoms with Crippen molar-refractivity contribution in [3.63, 3.8) is 0 Å². The second-order valence-corrected chi connectivity index (χ2v) is 8.73. The molecule has 2 aromatic rings. The van der Waals surface area contributed by atoms with E-state index in [0.717, 1.165) is 0 Å². The summed E-state index contributed by atoms with van der Waals surface area (Å²) in [7, 11) is 1.73. The lowest BCUT2D eigenvalue weighted by Gasteiger charge is -2.42. The van der Waals surface area contributed by atoms with Crippen LogP contribution in [-0.2, 0) is 9.53 Å². The highest BCUT2D eigenvalue weighted by Crippen LogP contribution is 2.32. The third-order valence-electron chi connectivity index (χ3n) is 6.33. The van der Waals surface area contributed by atoms with Crippen LogP contribution in [0.4, 0.5) is 11.9 Å². The number of likely N-dealkylation sites (N-methyl/N-ethyl adjacent to an activating group) is 1. The number of nitrogen functional groups attached to an aromatic ring is 1. The Hall–Kier alpha value is -3.05. The minimum atomic E-state index is -1.35. The van der Waals surface area contributed by atoms with Gasteiger partial charge in [-0.2, -0.15) is 4.98 Å². The predicted molar refractivity (Wildman–Crippen MR) is 122 cm³/mol. The van der Waals surface area contributed by atoms with Crippen LogP contribution >= 0.6 is 0 Å². The first-order valence-electron chi connectivity index (χ1n) is 11.2. The van der Waals surface area contributed by atoms with Crippen molar-refractivity contribution < 1.29 is 19.4 Å². The van der Waals surface area contributed by atoms with E-state index in [1.807, 2.05) is 0 Å². The number of rotatable bonds is 7. The van der Waals surface area contributed by atoms with Gasteiger partial charge in [-0.05, 0) is 13.3 Å². The lowest BCUT2D eigenvalue weighted by Crippen LogP contribution is -2.55. The Bertz CT molecular complexity index is 973. The van der Waals surface area contributed by atoms with Crippen molar-refractivity contribution in [3.05, 3.63) is 18.5 Å². The Morgan fingerprint density at radius 3 is 2.61 bits per heavy atom. The minimum absolute atomic E-state index is 0.0195. The molecule has 2 aromatic heterocycles. The number of morpholine rings is 1. The van der Waals surface area contributed by atoms with Crippen LogP contribution in [0.5, 0.6) is 5.88 Å². The highest BCUT2D eigenvalue weighted by molar-refractivity contribution is 5.84. The molecule has 1 atom stereocenters. The number of carbonyl (C=O) groups excluding carboxylic acids is 1. The van der Waals surface area contributed by atoms with Gasteiger partial charge in [-0.1, -0.05) is 6.92 Å². The lowest BCUT2D eigenvalue weighted by molar-refractivity contribution is -0.154. The topological polar surface area (TPSA) is 140 Å². The first kappa shape index (κ1) is 23.1. The molecule has 11 nitrogen and oxygen atoms in total. The number of anilines is 2. The summed E-state index contributed by atoms with van der Waals surface area (Å²) in [6.45, 7) is 5.95. The third-order valence-corrected chi connectivity index (χ3v) is 6.33. The summed E-state index contributed by atoms with van der Waals surface area (Å²) in [4.78, 5) is 33.6. The van der Waals surface area contributed by atoms with Gasteiger partial charge in [0.1, 0.15) is 11.7 Å². The molecular weight excluding hydrogens is 426 g/mol. The zero-order chi connectivity index (χ0) is 23.6. The van der Waals surface area contributed by atoms with E-state index in [1.165, 1.54) is 0 Å². The van der Waals surface area contributed by atoms with Crippen molar-refractivity contribution in [2.24, 2.45) is 0 Å². The molecule has 4 rings (SSSR count). The van der Waals surface area contributed by atoms with Gasteiger partial charge in [0.15, 0.2) is 0 Å². The summed E-state index contributed by atoms with van der Waals surface area (Å²) in [5.74, 6) is 0.940. The van der Waals surface area contributed by atoms with E-state index in [0.29, 0.717) is 68.7 Å². The maximum absolute atomic E-state index is 12.5. The van der Waals surface area contributed by atoms with Crippen molar-refractivity contribution in [1.82, 2.24) is 24.8 Å². The second-order valence-electron chi connectivity index (χ2n) is 8.73. The third kappa shape index (κ3) is 5.14. The number of nitrogens with zero attached hydrogens (tertiary/aromatic N) is 6. The van der Waals surface area contributed by atoms with Crippen molar-refractivity contribution in [1.29, 1.82) is 0 Å². The van der Waals surface area contributed by atoms with E-state index in [2.05, 4.69) is 24.8 Å². The fourth-order valence-electron chi connectivity index (χ4n) is 3.81. The Morgan fingerprint density at radius 1 is 1.30 bits per heavy atom. The van der Waals surface area contributed by atoms with Crippen LogP contribution in [0, 0.1) is 0 Å². The zero-order valence-corrected chi connectivity index (χ0v) is 19.3. The number of hydrogen-bond acceptors (Lipinski definition) is 10. The molecule has 0 bridgehead atoms. The minimum Gasteiger partial charge on any atom is -0.474 e. The molecule has 1 aliphatic heterocycles. The standard InChI is InChI=1S/C22H31N7O4/c1-4-22(2,31)19(30)28(3)15-9-16(10-15)33-18-11-17(14-12-24-20(23)25-13-14)26-21(27-18)29-5-7-32-8-6-29/h11-13,15-16,31H,4-10H2,1-3H3,(H2,23,24,25)/t15-,16-,22-/m1/s1.